The Morgan fingerprint density at radius 2 is 2.00 bits per heavy atom. The zero-order valence-corrected chi connectivity index (χ0v) is 5.95. The summed E-state index contributed by atoms with van der Waals surface area (Å²) in [6.45, 7) is 2.72. The van der Waals surface area contributed by atoms with E-state index in [9.17, 15) is 0 Å². The first-order valence-electron chi connectivity index (χ1n) is 3.42. The molecule has 1 aliphatic heterocycles. The predicted molar refractivity (Wildman–Crippen MR) is 35.2 cm³/mol. The van der Waals surface area contributed by atoms with Crippen LogP contribution in [0.4, 0.5) is 0 Å². The molecule has 0 spiro atoms. The lowest BCUT2D eigenvalue weighted by Gasteiger charge is -2.25. The number of hydrogen-bond donors (Lipinski definition) is 1. The third-order valence-electron chi connectivity index (χ3n) is 1.35. The summed E-state index contributed by atoms with van der Waals surface area (Å²) < 4.78 is 10.0. The van der Waals surface area contributed by atoms with E-state index in [2.05, 4.69) is 0 Å². The topological polar surface area (TPSA) is 41.9 Å². The fourth-order valence-electron chi connectivity index (χ4n) is 0.852. The molecule has 0 aromatic carbocycles. The van der Waals surface area contributed by atoms with Gasteiger partial charge in [-0.2, -0.15) is 0 Å². The second kappa shape index (κ2) is 4.62. The number of hydrogen-bond acceptors (Lipinski definition) is 4. The zero-order chi connectivity index (χ0) is 7.23. The van der Waals surface area contributed by atoms with E-state index < -0.39 is 0 Å². The van der Waals surface area contributed by atoms with Crippen LogP contribution in [0.15, 0.2) is 0 Å². The highest BCUT2D eigenvalue weighted by Gasteiger charge is 2.08. The Morgan fingerprint density at radius 3 is 2.60 bits per heavy atom. The van der Waals surface area contributed by atoms with Crippen molar-refractivity contribution >= 4 is 0 Å². The number of aliphatic hydroxyl groups excluding tert-OH is 1. The minimum atomic E-state index is 0.233. The molecule has 0 aliphatic carbocycles. The summed E-state index contributed by atoms with van der Waals surface area (Å²) in [4.78, 5) is 2.00. The Bertz CT molecular complexity index is 83.1. The lowest BCUT2D eigenvalue weighted by Crippen LogP contribution is -2.35. The SMILES string of the molecule is OCCCN1COCOC1. The fraction of sp³-hybridized carbons (Fsp3) is 1.00. The zero-order valence-electron chi connectivity index (χ0n) is 5.95. The largest absolute Gasteiger partial charge is 0.396 e. The molecular weight excluding hydrogens is 134 g/mol. The molecule has 1 rings (SSSR count). The Labute approximate surface area is 60.3 Å². The van der Waals surface area contributed by atoms with Crippen molar-refractivity contribution in [3.8, 4) is 0 Å². The maximum Gasteiger partial charge on any atom is 0.150 e. The van der Waals surface area contributed by atoms with Crippen molar-refractivity contribution in [2.75, 3.05) is 33.4 Å². The Hall–Kier alpha value is -0.160. The summed E-state index contributed by atoms with van der Waals surface area (Å²) in [6.07, 6.45) is 0.784. The van der Waals surface area contributed by atoms with Gasteiger partial charge in [-0.15, -0.1) is 0 Å². The summed E-state index contributed by atoms with van der Waals surface area (Å²) in [5, 5.41) is 8.49. The van der Waals surface area contributed by atoms with Crippen LogP contribution in [0.3, 0.4) is 0 Å². The molecule has 0 saturated carbocycles. The van der Waals surface area contributed by atoms with Gasteiger partial charge in [-0.05, 0) is 6.42 Å². The van der Waals surface area contributed by atoms with E-state index in [4.69, 9.17) is 14.6 Å². The van der Waals surface area contributed by atoms with Crippen molar-refractivity contribution in [2.24, 2.45) is 0 Å². The first-order chi connectivity index (χ1) is 4.93. The second-order valence-corrected chi connectivity index (χ2v) is 2.26. The number of ether oxygens (including phenoxy) is 2. The molecule has 0 aromatic heterocycles. The summed E-state index contributed by atoms with van der Waals surface area (Å²) in [5.41, 5.74) is 0. The number of aliphatic hydroxyl groups is 1. The third kappa shape index (κ3) is 2.62. The first kappa shape index (κ1) is 7.94. The van der Waals surface area contributed by atoms with E-state index >= 15 is 0 Å². The van der Waals surface area contributed by atoms with Gasteiger partial charge in [0, 0.05) is 13.2 Å². The Balaban J connectivity index is 2.02. The molecule has 1 N–H and O–H groups in total. The van der Waals surface area contributed by atoms with Gasteiger partial charge in [0.25, 0.3) is 0 Å². The van der Waals surface area contributed by atoms with Crippen LogP contribution < -0.4 is 0 Å². The van der Waals surface area contributed by atoms with Gasteiger partial charge in [0.05, 0.1) is 0 Å². The molecule has 0 aromatic rings. The quantitative estimate of drug-likeness (QED) is 0.589. The van der Waals surface area contributed by atoms with Crippen molar-refractivity contribution in [3.63, 3.8) is 0 Å². The van der Waals surface area contributed by atoms with Gasteiger partial charge < -0.3 is 14.6 Å². The van der Waals surface area contributed by atoms with Crippen LogP contribution in [0.25, 0.3) is 0 Å². The van der Waals surface area contributed by atoms with Gasteiger partial charge in [-0.3, -0.25) is 4.90 Å². The molecule has 0 bridgehead atoms. The molecule has 1 saturated heterocycles. The summed E-state index contributed by atoms with van der Waals surface area (Å²) in [5.74, 6) is 0. The van der Waals surface area contributed by atoms with Gasteiger partial charge in [0.15, 0.2) is 0 Å². The molecule has 1 fully saturated rings. The van der Waals surface area contributed by atoms with Gasteiger partial charge in [-0.25, -0.2) is 0 Å². The highest BCUT2D eigenvalue weighted by Crippen LogP contribution is 1.98. The predicted octanol–water partition coefficient (Wildman–Crippen LogP) is -0.410. The molecule has 1 heterocycles. The van der Waals surface area contributed by atoms with Gasteiger partial charge in [0.1, 0.15) is 20.3 Å². The Morgan fingerprint density at radius 1 is 1.30 bits per heavy atom. The molecule has 1 aliphatic rings. The van der Waals surface area contributed by atoms with E-state index in [1.165, 1.54) is 0 Å². The van der Waals surface area contributed by atoms with Crippen LogP contribution in [0.5, 0.6) is 0 Å². The standard InChI is InChI=1S/C6H13NO3/c8-3-1-2-7-4-9-6-10-5-7/h8H,1-6H2. The van der Waals surface area contributed by atoms with Crippen molar-refractivity contribution in [1.82, 2.24) is 4.90 Å². The average Bonchev–Trinajstić information content (AvgIpc) is 2.03. The fourth-order valence-corrected chi connectivity index (χ4v) is 0.852. The normalized spacial score (nSPS) is 21.3. The maximum absolute atomic E-state index is 8.49. The first-order valence-corrected chi connectivity index (χ1v) is 3.42. The van der Waals surface area contributed by atoms with E-state index in [1.807, 2.05) is 4.90 Å². The van der Waals surface area contributed by atoms with Gasteiger partial charge in [-0.1, -0.05) is 0 Å². The van der Waals surface area contributed by atoms with E-state index in [0.717, 1.165) is 13.0 Å². The van der Waals surface area contributed by atoms with Gasteiger partial charge >= 0.3 is 0 Å². The number of rotatable bonds is 3. The molecule has 10 heavy (non-hydrogen) atoms. The van der Waals surface area contributed by atoms with Crippen LogP contribution >= 0.6 is 0 Å². The molecule has 60 valence electrons. The highest BCUT2D eigenvalue weighted by molar-refractivity contribution is 4.48. The van der Waals surface area contributed by atoms with Crippen molar-refractivity contribution in [1.29, 1.82) is 0 Å². The highest BCUT2D eigenvalue weighted by atomic mass is 16.7. The minimum absolute atomic E-state index is 0.233. The maximum atomic E-state index is 8.49. The second-order valence-electron chi connectivity index (χ2n) is 2.26. The summed E-state index contributed by atoms with van der Waals surface area (Å²) >= 11 is 0. The molecule has 0 unspecified atom stereocenters. The third-order valence-corrected chi connectivity index (χ3v) is 1.35. The van der Waals surface area contributed by atoms with E-state index in [1.54, 1.807) is 0 Å². The van der Waals surface area contributed by atoms with Crippen LogP contribution in [-0.4, -0.2) is 43.4 Å². The monoisotopic (exact) mass is 147 g/mol. The minimum Gasteiger partial charge on any atom is -0.396 e. The smallest absolute Gasteiger partial charge is 0.150 e. The summed E-state index contributed by atoms with van der Waals surface area (Å²) in [7, 11) is 0. The van der Waals surface area contributed by atoms with Crippen molar-refractivity contribution in [2.45, 2.75) is 6.42 Å². The van der Waals surface area contributed by atoms with E-state index in [-0.39, 0.29) is 6.61 Å². The number of nitrogens with zero attached hydrogens (tertiary/aromatic N) is 1. The summed E-state index contributed by atoms with van der Waals surface area (Å²) in [6, 6.07) is 0. The molecule has 0 radical (unpaired) electrons. The van der Waals surface area contributed by atoms with Crippen molar-refractivity contribution in [3.05, 3.63) is 0 Å². The molecule has 0 amide bonds. The molecule has 4 nitrogen and oxygen atoms in total. The lowest BCUT2D eigenvalue weighted by molar-refractivity contribution is -0.183. The average molecular weight is 147 g/mol. The van der Waals surface area contributed by atoms with Crippen molar-refractivity contribution < 1.29 is 14.6 Å². The van der Waals surface area contributed by atoms with Gasteiger partial charge in [0.2, 0.25) is 0 Å². The van der Waals surface area contributed by atoms with Crippen LogP contribution in [-0.2, 0) is 9.47 Å². The van der Waals surface area contributed by atoms with E-state index in [0.29, 0.717) is 20.3 Å². The molecule has 0 atom stereocenters. The molecular formula is C6H13NO3. The van der Waals surface area contributed by atoms with Crippen LogP contribution in [0.2, 0.25) is 0 Å². The Kier molecular flexibility index (Phi) is 3.67. The van der Waals surface area contributed by atoms with Crippen LogP contribution in [0.1, 0.15) is 6.42 Å². The molecule has 4 heteroatoms. The lowest BCUT2D eigenvalue weighted by atomic mass is 10.4. The van der Waals surface area contributed by atoms with Crippen LogP contribution in [0, 0.1) is 0 Å².